The molecule has 2 rings (SSSR count). The van der Waals surface area contributed by atoms with Crippen molar-refractivity contribution in [2.24, 2.45) is 0 Å². The average molecular weight is 268 g/mol. The van der Waals surface area contributed by atoms with Crippen molar-refractivity contribution in [2.45, 2.75) is 43.7 Å². The zero-order valence-corrected chi connectivity index (χ0v) is 12.0. The maximum Gasteiger partial charge on any atom is 0.0843 e. The van der Waals surface area contributed by atoms with Gasteiger partial charge in [-0.05, 0) is 44.6 Å². The lowest BCUT2D eigenvalue weighted by molar-refractivity contribution is -0.0622. The summed E-state index contributed by atoms with van der Waals surface area (Å²) in [5.74, 6) is 0. The number of hydrogen-bond donors (Lipinski definition) is 1. The molecule has 1 unspecified atom stereocenters. The summed E-state index contributed by atoms with van der Waals surface area (Å²) in [6.45, 7) is 0. The summed E-state index contributed by atoms with van der Waals surface area (Å²) in [7, 11) is 4.05. The van der Waals surface area contributed by atoms with E-state index in [0.717, 1.165) is 36.3 Å². The monoisotopic (exact) mass is 267 g/mol. The summed E-state index contributed by atoms with van der Waals surface area (Å²) in [4.78, 5) is 2.11. The molecule has 1 fully saturated rings. The topological polar surface area (TPSA) is 23.5 Å². The van der Waals surface area contributed by atoms with Crippen molar-refractivity contribution in [3.63, 3.8) is 0 Å². The molecule has 0 saturated heterocycles. The van der Waals surface area contributed by atoms with Gasteiger partial charge in [0.25, 0.3) is 0 Å². The fraction of sp³-hybridized carbons (Fsp3) is 0.600. The van der Waals surface area contributed by atoms with Crippen molar-refractivity contribution in [1.82, 2.24) is 4.90 Å². The van der Waals surface area contributed by atoms with E-state index in [1.54, 1.807) is 0 Å². The van der Waals surface area contributed by atoms with Crippen LogP contribution in [-0.4, -0.2) is 29.7 Å². The Balaban J connectivity index is 2.33. The van der Waals surface area contributed by atoms with Crippen molar-refractivity contribution < 1.29 is 5.11 Å². The third-order valence-corrected chi connectivity index (χ3v) is 4.14. The molecule has 1 atom stereocenters. The second-order valence-electron chi connectivity index (χ2n) is 5.59. The van der Waals surface area contributed by atoms with Gasteiger partial charge in [-0.1, -0.05) is 43.0 Å². The molecule has 0 bridgehead atoms. The third kappa shape index (κ3) is 2.87. The molecule has 0 heterocycles. The highest BCUT2D eigenvalue weighted by atomic mass is 35.5. The van der Waals surface area contributed by atoms with Crippen LogP contribution in [0, 0.1) is 0 Å². The molecule has 2 nitrogen and oxygen atoms in total. The van der Waals surface area contributed by atoms with Crippen LogP contribution in [0.3, 0.4) is 0 Å². The van der Waals surface area contributed by atoms with Gasteiger partial charge in [0.05, 0.1) is 11.6 Å². The number of nitrogens with zero attached hydrogens (tertiary/aromatic N) is 1. The predicted octanol–water partition coefficient (Wildman–Crippen LogP) is 3.64. The van der Waals surface area contributed by atoms with E-state index in [1.807, 2.05) is 32.3 Å². The largest absolute Gasteiger partial charge is 0.388 e. The van der Waals surface area contributed by atoms with E-state index in [-0.39, 0.29) is 6.04 Å². The molecule has 0 aromatic heterocycles. The Labute approximate surface area is 115 Å². The minimum Gasteiger partial charge on any atom is -0.388 e. The Morgan fingerprint density at radius 1 is 1.22 bits per heavy atom. The zero-order chi connectivity index (χ0) is 13.2. The molecule has 3 heteroatoms. The molecular weight excluding hydrogens is 246 g/mol. The first-order chi connectivity index (χ1) is 8.53. The quantitative estimate of drug-likeness (QED) is 0.904. The Morgan fingerprint density at radius 2 is 1.89 bits per heavy atom. The lowest BCUT2D eigenvalue weighted by Crippen LogP contribution is -2.44. The van der Waals surface area contributed by atoms with Gasteiger partial charge < -0.3 is 5.11 Å². The van der Waals surface area contributed by atoms with Gasteiger partial charge in [0.15, 0.2) is 0 Å². The highest BCUT2D eigenvalue weighted by Crippen LogP contribution is 2.41. The SMILES string of the molecule is CN(C)C(c1cccc(Cl)c1)C1(O)CCCCC1. The van der Waals surface area contributed by atoms with E-state index in [2.05, 4.69) is 11.0 Å². The minimum atomic E-state index is -0.619. The fourth-order valence-electron chi connectivity index (χ4n) is 3.20. The Bertz CT molecular complexity index is 399. The maximum absolute atomic E-state index is 11.0. The van der Waals surface area contributed by atoms with Gasteiger partial charge in [-0.2, -0.15) is 0 Å². The molecule has 0 amide bonds. The van der Waals surface area contributed by atoms with Gasteiger partial charge in [0.2, 0.25) is 0 Å². The molecule has 18 heavy (non-hydrogen) atoms. The average Bonchev–Trinajstić information content (AvgIpc) is 2.29. The standard InChI is InChI=1S/C15H22ClNO/c1-17(2)14(12-7-6-8-13(16)11-12)15(18)9-4-3-5-10-15/h6-8,11,14,18H,3-5,9-10H2,1-2H3. The van der Waals surface area contributed by atoms with Crippen LogP contribution in [-0.2, 0) is 0 Å². The van der Waals surface area contributed by atoms with E-state index in [9.17, 15) is 5.11 Å². The normalized spacial score (nSPS) is 20.9. The second kappa shape index (κ2) is 5.60. The maximum atomic E-state index is 11.0. The first-order valence-corrected chi connectivity index (χ1v) is 7.05. The summed E-state index contributed by atoms with van der Waals surface area (Å²) in [5.41, 5.74) is 0.490. The predicted molar refractivity (Wildman–Crippen MR) is 75.9 cm³/mol. The van der Waals surface area contributed by atoms with E-state index in [4.69, 9.17) is 11.6 Å². The van der Waals surface area contributed by atoms with E-state index < -0.39 is 5.60 Å². The van der Waals surface area contributed by atoms with Crippen molar-refractivity contribution in [3.05, 3.63) is 34.9 Å². The highest BCUT2D eigenvalue weighted by Gasteiger charge is 2.39. The van der Waals surface area contributed by atoms with Gasteiger partial charge in [-0.25, -0.2) is 0 Å². The van der Waals surface area contributed by atoms with E-state index >= 15 is 0 Å². The van der Waals surface area contributed by atoms with Crippen LogP contribution in [0.25, 0.3) is 0 Å². The van der Waals surface area contributed by atoms with Crippen molar-refractivity contribution in [2.75, 3.05) is 14.1 Å². The molecule has 1 N–H and O–H groups in total. The molecule has 1 aromatic carbocycles. The number of aliphatic hydroxyl groups is 1. The van der Waals surface area contributed by atoms with Crippen LogP contribution in [0.15, 0.2) is 24.3 Å². The van der Waals surface area contributed by atoms with Gasteiger partial charge >= 0.3 is 0 Å². The van der Waals surface area contributed by atoms with Gasteiger partial charge in [0.1, 0.15) is 0 Å². The molecule has 0 radical (unpaired) electrons. The van der Waals surface area contributed by atoms with E-state index in [1.165, 1.54) is 6.42 Å². The van der Waals surface area contributed by atoms with Crippen LogP contribution >= 0.6 is 11.6 Å². The molecule has 1 saturated carbocycles. The third-order valence-electron chi connectivity index (χ3n) is 3.91. The summed E-state index contributed by atoms with van der Waals surface area (Å²) < 4.78 is 0. The molecule has 0 spiro atoms. The van der Waals surface area contributed by atoms with Gasteiger partial charge in [-0.3, -0.25) is 4.90 Å². The van der Waals surface area contributed by atoms with Crippen LogP contribution in [0.1, 0.15) is 43.7 Å². The number of benzene rings is 1. The van der Waals surface area contributed by atoms with Gasteiger partial charge in [0, 0.05) is 5.02 Å². The number of halogens is 1. The number of hydrogen-bond acceptors (Lipinski definition) is 2. The lowest BCUT2D eigenvalue weighted by atomic mass is 9.76. The molecular formula is C15H22ClNO. The fourth-order valence-corrected chi connectivity index (χ4v) is 3.40. The number of likely N-dealkylation sites (N-methyl/N-ethyl adjacent to an activating group) is 1. The van der Waals surface area contributed by atoms with Crippen molar-refractivity contribution in [3.8, 4) is 0 Å². The van der Waals surface area contributed by atoms with Crippen LogP contribution < -0.4 is 0 Å². The first-order valence-electron chi connectivity index (χ1n) is 6.67. The van der Waals surface area contributed by atoms with E-state index in [0.29, 0.717) is 0 Å². The lowest BCUT2D eigenvalue weighted by Gasteiger charge is -2.42. The van der Waals surface area contributed by atoms with Crippen molar-refractivity contribution >= 4 is 11.6 Å². The summed E-state index contributed by atoms with van der Waals surface area (Å²) >= 11 is 6.08. The summed E-state index contributed by atoms with van der Waals surface area (Å²) in [6, 6.07) is 7.89. The number of rotatable bonds is 3. The second-order valence-corrected chi connectivity index (χ2v) is 6.02. The zero-order valence-electron chi connectivity index (χ0n) is 11.2. The molecule has 1 aromatic rings. The minimum absolute atomic E-state index is 0.0245. The Hall–Kier alpha value is -0.570. The van der Waals surface area contributed by atoms with Crippen LogP contribution in [0.2, 0.25) is 5.02 Å². The van der Waals surface area contributed by atoms with Gasteiger partial charge in [-0.15, -0.1) is 0 Å². The summed E-state index contributed by atoms with van der Waals surface area (Å²) in [6.07, 6.45) is 5.21. The molecule has 0 aliphatic heterocycles. The summed E-state index contributed by atoms with van der Waals surface area (Å²) in [5, 5.41) is 11.7. The Morgan fingerprint density at radius 3 is 2.44 bits per heavy atom. The molecule has 100 valence electrons. The highest BCUT2D eigenvalue weighted by molar-refractivity contribution is 6.30. The molecule has 1 aliphatic rings. The van der Waals surface area contributed by atoms with Crippen LogP contribution in [0.4, 0.5) is 0 Å². The Kier molecular flexibility index (Phi) is 4.31. The van der Waals surface area contributed by atoms with Crippen molar-refractivity contribution in [1.29, 1.82) is 0 Å². The van der Waals surface area contributed by atoms with Crippen LogP contribution in [0.5, 0.6) is 0 Å². The molecule has 1 aliphatic carbocycles. The first kappa shape index (κ1) is 13.9. The smallest absolute Gasteiger partial charge is 0.0843 e.